The minimum absolute atomic E-state index is 0.190. The van der Waals surface area contributed by atoms with Crippen LogP contribution in [0.15, 0.2) is 42.5 Å². The zero-order chi connectivity index (χ0) is 30.6. The van der Waals surface area contributed by atoms with E-state index in [1.165, 1.54) is 37.7 Å². The number of benzene rings is 2. The van der Waals surface area contributed by atoms with Crippen LogP contribution in [-0.2, 0) is 19.5 Å². The molecule has 2 N–H and O–H groups in total. The molecule has 3 heterocycles. The topological polar surface area (TPSA) is 132 Å². The highest BCUT2D eigenvalue weighted by Gasteiger charge is 2.26. The van der Waals surface area contributed by atoms with Gasteiger partial charge in [-0.1, -0.05) is 12.1 Å². The van der Waals surface area contributed by atoms with Crippen molar-refractivity contribution in [1.82, 2.24) is 50.6 Å². The highest BCUT2D eigenvalue weighted by Crippen LogP contribution is 2.34. The first-order chi connectivity index (χ1) is 22.1. The maximum atomic E-state index is 13.3. The molecule has 2 saturated carbocycles. The van der Waals surface area contributed by atoms with Gasteiger partial charge in [0, 0.05) is 43.0 Å². The van der Waals surface area contributed by atoms with Crippen molar-refractivity contribution in [2.45, 2.75) is 64.5 Å². The second-order valence-electron chi connectivity index (χ2n) is 12.9. The smallest absolute Gasteiger partial charge is 0.319 e. The molecule has 1 atom stereocenters. The van der Waals surface area contributed by atoms with Gasteiger partial charge < -0.3 is 15.5 Å². The molecule has 1 saturated heterocycles. The monoisotopic (exact) mass is 613 g/mol. The summed E-state index contributed by atoms with van der Waals surface area (Å²) in [6.07, 6.45) is 8.94. The molecule has 2 aliphatic carbocycles. The van der Waals surface area contributed by atoms with E-state index in [1.807, 2.05) is 39.7 Å². The summed E-state index contributed by atoms with van der Waals surface area (Å²) in [6.45, 7) is 5.14. The van der Waals surface area contributed by atoms with Gasteiger partial charge in [0.05, 0.1) is 0 Å². The van der Waals surface area contributed by atoms with E-state index in [9.17, 15) is 9.18 Å². The number of halogens is 1. The lowest BCUT2D eigenvalue weighted by atomic mass is 9.91. The van der Waals surface area contributed by atoms with E-state index in [0.29, 0.717) is 41.6 Å². The Labute approximate surface area is 261 Å². The van der Waals surface area contributed by atoms with Crippen LogP contribution in [0, 0.1) is 23.6 Å². The SMILES string of the molecule is O=C(NCCCN1CCC[C@@H](Cc2ccc(F)cc2)C1)Nc1cc(-c2nnnn2CC2CC2)cc(-c2nnnn2CC2CC2)c1. The third-order valence-corrected chi connectivity index (χ3v) is 9.00. The summed E-state index contributed by atoms with van der Waals surface area (Å²) < 4.78 is 17.0. The predicted molar refractivity (Wildman–Crippen MR) is 166 cm³/mol. The van der Waals surface area contributed by atoms with E-state index < -0.39 is 0 Å². The molecule has 2 amide bonds. The standard InChI is InChI=1S/C32H40FN11O/c33-28-10-8-22(9-11-28)15-25-3-1-13-42(19-25)14-2-12-34-32(45)35-29-17-26(30-36-38-40-43(30)20-23-4-5-23)16-27(18-29)31-37-39-41-44(31)21-24-6-7-24/h8-11,16-18,23-25H,1-7,12-15,19-21H2,(H2,34,35,45)/t25-/m0/s1. The third-order valence-electron chi connectivity index (χ3n) is 9.00. The molecule has 3 aliphatic rings. The fourth-order valence-corrected chi connectivity index (χ4v) is 6.27. The summed E-state index contributed by atoms with van der Waals surface area (Å²) >= 11 is 0. The Kier molecular flexibility index (Phi) is 8.76. The van der Waals surface area contributed by atoms with Crippen LogP contribution in [0.2, 0.25) is 0 Å². The Morgan fingerprint density at radius 3 is 2.11 bits per heavy atom. The first-order valence-corrected chi connectivity index (χ1v) is 16.3. The Bertz CT molecular complexity index is 1520. The summed E-state index contributed by atoms with van der Waals surface area (Å²) in [5.41, 5.74) is 3.42. The number of nitrogens with one attached hydrogen (secondary N) is 2. The number of hydrogen-bond donors (Lipinski definition) is 2. The Balaban J connectivity index is 0.971. The fraction of sp³-hybridized carbons (Fsp3) is 0.531. The minimum Gasteiger partial charge on any atom is -0.338 e. The molecule has 2 aromatic heterocycles. The highest BCUT2D eigenvalue weighted by atomic mass is 19.1. The number of tetrazole rings is 2. The van der Waals surface area contributed by atoms with Crippen molar-refractivity contribution in [2.75, 3.05) is 31.5 Å². The molecule has 0 unspecified atom stereocenters. The molecule has 2 aromatic carbocycles. The van der Waals surface area contributed by atoms with Gasteiger partial charge in [0.1, 0.15) is 5.82 Å². The van der Waals surface area contributed by atoms with Crippen molar-refractivity contribution in [1.29, 1.82) is 0 Å². The number of anilines is 1. The molecule has 7 rings (SSSR count). The molecule has 45 heavy (non-hydrogen) atoms. The Morgan fingerprint density at radius 1 is 0.844 bits per heavy atom. The first kappa shape index (κ1) is 29.5. The molecule has 12 nitrogen and oxygen atoms in total. The molecule has 0 bridgehead atoms. The molecular formula is C32H40FN11O. The summed E-state index contributed by atoms with van der Waals surface area (Å²) in [5, 5.41) is 31.0. The molecule has 13 heteroatoms. The van der Waals surface area contributed by atoms with Gasteiger partial charge in [-0.25, -0.2) is 18.5 Å². The number of nitrogens with zero attached hydrogens (tertiary/aromatic N) is 9. The number of hydrogen-bond acceptors (Lipinski definition) is 8. The van der Waals surface area contributed by atoms with Crippen molar-refractivity contribution < 1.29 is 9.18 Å². The zero-order valence-corrected chi connectivity index (χ0v) is 25.5. The fourth-order valence-electron chi connectivity index (χ4n) is 6.27. The molecular weight excluding hydrogens is 573 g/mol. The summed E-state index contributed by atoms with van der Waals surface area (Å²) in [5.74, 6) is 2.91. The Hall–Kier alpha value is -4.26. The number of likely N-dealkylation sites (tertiary alicyclic amines) is 1. The molecule has 0 spiro atoms. The summed E-state index contributed by atoms with van der Waals surface area (Å²) in [6, 6.07) is 12.4. The van der Waals surface area contributed by atoms with Crippen molar-refractivity contribution in [3.8, 4) is 22.8 Å². The quantitative estimate of drug-likeness (QED) is 0.212. The van der Waals surface area contributed by atoms with Crippen LogP contribution < -0.4 is 10.6 Å². The van der Waals surface area contributed by atoms with Crippen LogP contribution in [0.1, 0.15) is 50.5 Å². The van der Waals surface area contributed by atoms with Gasteiger partial charge in [0.2, 0.25) is 0 Å². The number of rotatable bonds is 13. The lowest BCUT2D eigenvalue weighted by Gasteiger charge is -2.32. The van der Waals surface area contributed by atoms with Crippen molar-refractivity contribution in [2.24, 2.45) is 17.8 Å². The van der Waals surface area contributed by atoms with Gasteiger partial charge in [-0.3, -0.25) is 0 Å². The van der Waals surface area contributed by atoms with E-state index in [0.717, 1.165) is 63.1 Å². The largest absolute Gasteiger partial charge is 0.338 e. The van der Waals surface area contributed by atoms with Crippen molar-refractivity contribution in [3.63, 3.8) is 0 Å². The van der Waals surface area contributed by atoms with E-state index in [-0.39, 0.29) is 11.8 Å². The van der Waals surface area contributed by atoms with Crippen molar-refractivity contribution in [3.05, 3.63) is 53.8 Å². The van der Waals surface area contributed by atoms with Gasteiger partial charge in [-0.15, -0.1) is 10.2 Å². The van der Waals surface area contributed by atoms with Gasteiger partial charge in [0.15, 0.2) is 11.6 Å². The second-order valence-corrected chi connectivity index (χ2v) is 12.9. The number of piperidine rings is 1. The number of carbonyl (C=O) groups excluding carboxylic acids is 1. The minimum atomic E-state index is -0.263. The highest BCUT2D eigenvalue weighted by molar-refractivity contribution is 5.91. The van der Waals surface area contributed by atoms with Crippen LogP contribution >= 0.6 is 0 Å². The zero-order valence-electron chi connectivity index (χ0n) is 25.5. The van der Waals surface area contributed by atoms with Gasteiger partial charge in [0.25, 0.3) is 0 Å². The lowest BCUT2D eigenvalue weighted by molar-refractivity contribution is 0.172. The molecule has 4 aromatic rings. The normalized spacial score (nSPS) is 18.6. The third kappa shape index (κ3) is 7.88. The van der Waals surface area contributed by atoms with Crippen molar-refractivity contribution >= 4 is 11.7 Å². The van der Waals surface area contributed by atoms with Gasteiger partial charge in [-0.05, 0) is 139 Å². The number of amides is 2. The maximum Gasteiger partial charge on any atom is 0.319 e. The van der Waals surface area contributed by atoms with Crippen LogP contribution in [0.3, 0.4) is 0 Å². The average Bonchev–Trinajstić information content (AvgIpc) is 3.94. The van der Waals surface area contributed by atoms with Crippen LogP contribution in [0.4, 0.5) is 14.9 Å². The number of urea groups is 1. The molecule has 236 valence electrons. The van der Waals surface area contributed by atoms with E-state index >= 15 is 0 Å². The van der Waals surface area contributed by atoms with Gasteiger partial charge >= 0.3 is 6.03 Å². The first-order valence-electron chi connectivity index (χ1n) is 16.3. The second kappa shape index (κ2) is 13.4. The molecule has 1 aliphatic heterocycles. The lowest BCUT2D eigenvalue weighted by Crippen LogP contribution is -2.38. The van der Waals surface area contributed by atoms with E-state index in [2.05, 4.69) is 46.6 Å². The van der Waals surface area contributed by atoms with Crippen LogP contribution in [-0.4, -0.2) is 77.5 Å². The van der Waals surface area contributed by atoms with E-state index in [1.54, 1.807) is 12.1 Å². The number of carbonyl (C=O) groups is 1. The maximum absolute atomic E-state index is 13.3. The van der Waals surface area contributed by atoms with Gasteiger partial charge in [-0.2, -0.15) is 0 Å². The van der Waals surface area contributed by atoms with E-state index in [4.69, 9.17) is 0 Å². The molecule has 3 fully saturated rings. The summed E-state index contributed by atoms with van der Waals surface area (Å²) in [4.78, 5) is 15.5. The Morgan fingerprint density at radius 2 is 1.49 bits per heavy atom. The van der Waals surface area contributed by atoms with Crippen LogP contribution in [0.25, 0.3) is 22.8 Å². The predicted octanol–water partition coefficient (Wildman–Crippen LogP) is 4.42. The molecule has 0 radical (unpaired) electrons. The average molecular weight is 614 g/mol. The van der Waals surface area contributed by atoms with Crippen LogP contribution in [0.5, 0.6) is 0 Å². The summed E-state index contributed by atoms with van der Waals surface area (Å²) in [7, 11) is 0. The number of aromatic nitrogens is 8.